The van der Waals surface area contributed by atoms with Crippen molar-refractivity contribution in [1.82, 2.24) is 4.98 Å². The van der Waals surface area contributed by atoms with Crippen LogP contribution in [0, 0.1) is 0 Å². The summed E-state index contributed by atoms with van der Waals surface area (Å²) in [6, 6.07) is 6.65. The van der Waals surface area contributed by atoms with Gasteiger partial charge in [0, 0.05) is 11.8 Å². The predicted octanol–water partition coefficient (Wildman–Crippen LogP) is 3.78. The van der Waals surface area contributed by atoms with Crippen molar-refractivity contribution < 1.29 is 14.3 Å². The third-order valence-electron chi connectivity index (χ3n) is 2.86. The van der Waals surface area contributed by atoms with Crippen molar-refractivity contribution in [3.8, 4) is 11.5 Å². The lowest BCUT2D eigenvalue weighted by Gasteiger charge is -2.13. The van der Waals surface area contributed by atoms with Crippen LogP contribution in [0.4, 0.5) is 5.69 Å². The molecule has 1 aromatic heterocycles. The molecule has 0 fully saturated rings. The number of benzene rings is 1. The Labute approximate surface area is 134 Å². The number of nitrogens with zero attached hydrogens (tertiary/aromatic N) is 1. The lowest BCUT2D eigenvalue weighted by atomic mass is 10.2. The van der Waals surface area contributed by atoms with E-state index in [4.69, 9.17) is 21.1 Å². The second-order valence-corrected chi connectivity index (χ2v) is 4.94. The van der Waals surface area contributed by atoms with E-state index in [1.807, 2.05) is 6.92 Å². The first kappa shape index (κ1) is 16.1. The Hall–Kier alpha value is -2.27. The number of aromatic nitrogens is 1. The van der Waals surface area contributed by atoms with E-state index in [0.29, 0.717) is 34.4 Å². The number of carbonyl (C=O) groups is 1. The normalized spacial score (nSPS) is 10.1. The van der Waals surface area contributed by atoms with Gasteiger partial charge in [-0.25, -0.2) is 0 Å². The number of methoxy groups -OCH3 is 1. The molecule has 22 heavy (non-hydrogen) atoms. The summed E-state index contributed by atoms with van der Waals surface area (Å²) in [4.78, 5) is 16.2. The van der Waals surface area contributed by atoms with Crippen LogP contribution in [0.5, 0.6) is 11.5 Å². The van der Waals surface area contributed by atoms with Crippen molar-refractivity contribution in [3.05, 3.63) is 47.2 Å². The fourth-order valence-electron chi connectivity index (χ4n) is 1.84. The van der Waals surface area contributed by atoms with Gasteiger partial charge in [-0.15, -0.1) is 0 Å². The first-order chi connectivity index (χ1) is 10.7. The number of rotatable bonds is 6. The van der Waals surface area contributed by atoms with Crippen LogP contribution >= 0.6 is 11.6 Å². The van der Waals surface area contributed by atoms with Gasteiger partial charge in [-0.3, -0.25) is 9.78 Å². The van der Waals surface area contributed by atoms with Gasteiger partial charge in [0.2, 0.25) is 0 Å². The monoisotopic (exact) mass is 320 g/mol. The molecule has 1 amide bonds. The van der Waals surface area contributed by atoms with Crippen LogP contribution in [-0.4, -0.2) is 24.6 Å². The van der Waals surface area contributed by atoms with Gasteiger partial charge in [0.05, 0.1) is 30.6 Å². The molecule has 0 radical (unpaired) electrons. The third-order valence-corrected chi connectivity index (χ3v) is 3.14. The number of hydrogen-bond acceptors (Lipinski definition) is 4. The van der Waals surface area contributed by atoms with Crippen LogP contribution in [0.25, 0.3) is 0 Å². The zero-order chi connectivity index (χ0) is 15.9. The molecule has 1 N–H and O–H groups in total. The number of pyridine rings is 1. The zero-order valence-electron chi connectivity index (χ0n) is 12.4. The van der Waals surface area contributed by atoms with Crippen molar-refractivity contribution in [1.29, 1.82) is 0 Å². The van der Waals surface area contributed by atoms with E-state index >= 15 is 0 Å². The molecule has 0 atom stereocenters. The lowest BCUT2D eigenvalue weighted by molar-refractivity contribution is 0.102. The highest BCUT2D eigenvalue weighted by atomic mass is 35.5. The van der Waals surface area contributed by atoms with Crippen LogP contribution in [0.2, 0.25) is 5.02 Å². The van der Waals surface area contributed by atoms with Gasteiger partial charge in [-0.2, -0.15) is 0 Å². The highest BCUT2D eigenvalue weighted by Crippen LogP contribution is 2.36. The molecule has 5 nitrogen and oxygen atoms in total. The number of halogens is 1. The van der Waals surface area contributed by atoms with Gasteiger partial charge in [0.25, 0.3) is 5.91 Å². The predicted molar refractivity (Wildman–Crippen MR) is 86.0 cm³/mol. The smallest absolute Gasteiger partial charge is 0.255 e. The second kappa shape index (κ2) is 7.66. The summed E-state index contributed by atoms with van der Waals surface area (Å²) < 4.78 is 10.8. The Bertz CT molecular complexity index is 647. The Kier molecular flexibility index (Phi) is 5.61. The van der Waals surface area contributed by atoms with Crippen LogP contribution in [0.1, 0.15) is 23.7 Å². The van der Waals surface area contributed by atoms with Gasteiger partial charge in [0.15, 0.2) is 11.5 Å². The highest BCUT2D eigenvalue weighted by molar-refractivity contribution is 6.32. The highest BCUT2D eigenvalue weighted by Gasteiger charge is 2.16. The van der Waals surface area contributed by atoms with Crippen molar-refractivity contribution in [2.75, 3.05) is 19.0 Å². The Morgan fingerprint density at radius 1 is 1.41 bits per heavy atom. The van der Waals surface area contributed by atoms with E-state index < -0.39 is 0 Å². The molecular formula is C16H17ClN2O3. The molecular weight excluding hydrogens is 304 g/mol. The molecule has 0 bridgehead atoms. The molecule has 2 aromatic rings. The van der Waals surface area contributed by atoms with E-state index in [9.17, 15) is 4.79 Å². The first-order valence-electron chi connectivity index (χ1n) is 6.87. The molecule has 0 unspecified atom stereocenters. The zero-order valence-corrected chi connectivity index (χ0v) is 13.2. The maximum Gasteiger partial charge on any atom is 0.255 e. The van der Waals surface area contributed by atoms with Gasteiger partial charge < -0.3 is 14.8 Å². The number of nitrogens with one attached hydrogen (secondary N) is 1. The molecule has 0 spiro atoms. The maximum absolute atomic E-state index is 12.3. The van der Waals surface area contributed by atoms with E-state index in [2.05, 4.69) is 10.3 Å². The summed E-state index contributed by atoms with van der Waals surface area (Å²) in [5.74, 6) is 0.580. The summed E-state index contributed by atoms with van der Waals surface area (Å²) in [6.07, 6.45) is 4.05. The minimum Gasteiger partial charge on any atom is -0.493 e. The number of amides is 1. The van der Waals surface area contributed by atoms with Crippen molar-refractivity contribution >= 4 is 23.2 Å². The Morgan fingerprint density at radius 2 is 2.23 bits per heavy atom. The minimum atomic E-state index is -0.296. The Balaban J connectivity index is 2.24. The van der Waals surface area contributed by atoms with Crippen LogP contribution in [-0.2, 0) is 0 Å². The third kappa shape index (κ3) is 3.89. The average molecular weight is 321 g/mol. The van der Waals surface area contributed by atoms with Crippen LogP contribution in [0.3, 0.4) is 0 Å². The minimum absolute atomic E-state index is 0.296. The summed E-state index contributed by atoms with van der Waals surface area (Å²) in [5, 5.41) is 3.08. The van der Waals surface area contributed by atoms with Crippen molar-refractivity contribution in [2.24, 2.45) is 0 Å². The van der Waals surface area contributed by atoms with E-state index in [0.717, 1.165) is 6.42 Å². The van der Waals surface area contributed by atoms with E-state index in [1.54, 1.807) is 36.7 Å². The largest absolute Gasteiger partial charge is 0.493 e. The molecule has 0 aliphatic rings. The van der Waals surface area contributed by atoms with Gasteiger partial charge in [-0.05, 0) is 30.7 Å². The SMILES string of the molecule is CCCOc1c(Cl)cc(C(=O)Nc2cccnc2)cc1OC. The van der Waals surface area contributed by atoms with Crippen molar-refractivity contribution in [3.63, 3.8) is 0 Å². The molecule has 2 rings (SSSR count). The average Bonchev–Trinajstić information content (AvgIpc) is 2.54. The lowest BCUT2D eigenvalue weighted by Crippen LogP contribution is -2.12. The second-order valence-electron chi connectivity index (χ2n) is 4.53. The fraction of sp³-hybridized carbons (Fsp3) is 0.250. The maximum atomic E-state index is 12.3. The molecule has 0 saturated carbocycles. The Morgan fingerprint density at radius 3 is 2.86 bits per heavy atom. The van der Waals surface area contributed by atoms with E-state index in [1.165, 1.54) is 7.11 Å². The van der Waals surface area contributed by atoms with Crippen LogP contribution < -0.4 is 14.8 Å². The summed E-state index contributed by atoms with van der Waals surface area (Å²) in [5.41, 5.74) is 0.989. The van der Waals surface area contributed by atoms with Crippen molar-refractivity contribution in [2.45, 2.75) is 13.3 Å². The first-order valence-corrected chi connectivity index (χ1v) is 7.25. The topological polar surface area (TPSA) is 60.5 Å². The molecule has 0 aliphatic carbocycles. The van der Waals surface area contributed by atoms with Crippen LogP contribution in [0.15, 0.2) is 36.7 Å². The summed E-state index contributed by atoms with van der Waals surface area (Å²) >= 11 is 6.20. The molecule has 6 heteroatoms. The van der Waals surface area contributed by atoms with Gasteiger partial charge >= 0.3 is 0 Å². The quantitative estimate of drug-likeness (QED) is 0.879. The molecule has 0 saturated heterocycles. The number of anilines is 1. The molecule has 1 heterocycles. The molecule has 1 aromatic carbocycles. The fourth-order valence-corrected chi connectivity index (χ4v) is 2.10. The van der Waals surface area contributed by atoms with Gasteiger partial charge in [0.1, 0.15) is 0 Å². The number of ether oxygens (including phenoxy) is 2. The standard InChI is InChI=1S/C16H17ClN2O3/c1-3-7-22-15-13(17)8-11(9-14(15)21-2)16(20)19-12-5-4-6-18-10-12/h4-6,8-10H,3,7H2,1-2H3,(H,19,20). The number of carbonyl (C=O) groups excluding carboxylic acids is 1. The number of hydrogen-bond donors (Lipinski definition) is 1. The molecule has 0 aliphatic heterocycles. The summed E-state index contributed by atoms with van der Waals surface area (Å²) in [6.45, 7) is 2.52. The molecule has 116 valence electrons. The van der Waals surface area contributed by atoms with Gasteiger partial charge in [-0.1, -0.05) is 18.5 Å². The van der Waals surface area contributed by atoms with E-state index in [-0.39, 0.29) is 5.91 Å². The summed E-state index contributed by atoms with van der Waals surface area (Å²) in [7, 11) is 1.51.